The van der Waals surface area contributed by atoms with E-state index >= 15 is 0 Å². The van der Waals surface area contributed by atoms with Gasteiger partial charge in [-0.1, -0.05) is 214 Å². The molecule has 0 bridgehead atoms. The van der Waals surface area contributed by atoms with E-state index in [4.69, 9.17) is 8.85 Å². The highest BCUT2D eigenvalue weighted by atomic mass is 28.4. The lowest BCUT2D eigenvalue weighted by Gasteiger charge is -2.36. The van der Waals surface area contributed by atoms with E-state index in [2.05, 4.69) is 66.7 Å². The summed E-state index contributed by atoms with van der Waals surface area (Å²) in [6.07, 6.45) is 29.6. The zero-order valence-electron chi connectivity index (χ0n) is 36.7. The second-order valence-corrected chi connectivity index (χ2v) is 25.1. The molecule has 0 radical (unpaired) electrons. The van der Waals surface area contributed by atoms with Gasteiger partial charge in [0.25, 0.3) is 16.6 Å². The Labute approximate surface area is 336 Å². The minimum Gasteiger partial charge on any atom is -0.543 e. The van der Waals surface area contributed by atoms with Crippen LogP contribution in [0, 0.1) is 6.92 Å². The number of carboxylic acid groups (broad SMARTS) is 1. The number of carboxylic acids is 1. The fraction of sp³-hybridized carbons (Fsp3) is 0.771. The van der Waals surface area contributed by atoms with Gasteiger partial charge in [0.15, 0.2) is 0 Å². The molecule has 54 heavy (non-hydrogen) atoms. The van der Waals surface area contributed by atoms with Crippen LogP contribution in [0.3, 0.4) is 0 Å². The molecule has 0 atom stereocenters. The number of benzene rings is 2. The Morgan fingerprint density at radius 2 is 0.870 bits per heavy atom. The zero-order chi connectivity index (χ0) is 39.5. The van der Waals surface area contributed by atoms with Crippen molar-refractivity contribution in [1.29, 1.82) is 0 Å². The molecule has 0 saturated carbocycles. The van der Waals surface area contributed by atoms with Gasteiger partial charge in [-0.25, -0.2) is 4.79 Å². The van der Waals surface area contributed by atoms with Crippen LogP contribution in [-0.2, 0) is 0 Å². The van der Waals surface area contributed by atoms with E-state index in [0.717, 1.165) is 40.2 Å². The quantitative estimate of drug-likeness (QED) is 0.0559. The molecule has 0 aliphatic carbocycles. The number of aryl methyl sites for hydroxylation is 1. The minimum atomic E-state index is -2.33. The molecule has 0 spiro atoms. The summed E-state index contributed by atoms with van der Waals surface area (Å²) in [6, 6.07) is 15.3. The Bertz CT molecular complexity index is 1210. The second-order valence-electron chi connectivity index (χ2n) is 17.0. The van der Waals surface area contributed by atoms with Crippen molar-refractivity contribution >= 4 is 33.4 Å². The van der Waals surface area contributed by atoms with Gasteiger partial charge in [-0.2, -0.15) is 0 Å². The molecule has 0 aliphatic heterocycles. The molecule has 2 aromatic rings. The summed E-state index contributed by atoms with van der Waals surface area (Å²) in [5.41, 5.74) is 1.48. The topological polar surface area (TPSA) is 55.8 Å². The molecule has 310 valence electrons. The molecule has 4 nitrogen and oxygen atoms in total. The third kappa shape index (κ3) is 17.1. The Morgan fingerprint density at radius 1 is 0.519 bits per heavy atom. The van der Waals surface area contributed by atoms with Crippen molar-refractivity contribution in [2.75, 3.05) is 0 Å². The first-order valence-corrected chi connectivity index (χ1v) is 28.5. The number of unbranched alkanes of at least 4 members (excludes halogenated alkanes) is 18. The fourth-order valence-electron chi connectivity index (χ4n) is 8.70. The predicted octanol–water partition coefficient (Wildman–Crippen LogP) is 17.0. The number of fused-ring (bicyclic) bond motifs is 1. The van der Waals surface area contributed by atoms with Gasteiger partial charge >= 0.3 is 5.97 Å². The lowest BCUT2D eigenvalue weighted by Crippen LogP contribution is -2.42. The number of hydrogen-bond acceptors (Lipinski definition) is 3. The van der Waals surface area contributed by atoms with Crippen molar-refractivity contribution < 1.29 is 18.8 Å². The molecule has 0 heterocycles. The van der Waals surface area contributed by atoms with Crippen LogP contribution in [0.4, 0.5) is 0 Å². The molecular weight excluding hydrogens is 697 g/mol. The molecule has 0 aromatic heterocycles. The van der Waals surface area contributed by atoms with Crippen molar-refractivity contribution in [2.24, 2.45) is 0 Å². The normalized spacial score (nSPS) is 12.1. The van der Waals surface area contributed by atoms with Crippen LogP contribution in [0.1, 0.15) is 212 Å². The van der Waals surface area contributed by atoms with Crippen molar-refractivity contribution in [3.8, 4) is 11.5 Å². The maximum Gasteiger partial charge on any atom is 0.339 e. The van der Waals surface area contributed by atoms with Gasteiger partial charge in [0.05, 0.1) is 0 Å². The molecule has 2 rings (SSSR count). The highest BCUT2D eigenvalue weighted by Crippen LogP contribution is 2.45. The maximum absolute atomic E-state index is 13.5. The summed E-state index contributed by atoms with van der Waals surface area (Å²) >= 11 is 0. The van der Waals surface area contributed by atoms with Crippen LogP contribution in [0.2, 0.25) is 36.3 Å². The molecule has 6 heteroatoms. The van der Waals surface area contributed by atoms with Gasteiger partial charge in [-0.3, -0.25) is 0 Å². The standard InChI is InChI=1S/C48H86O4Si2/c1-8-14-20-26-35-53(36-27-21-15-9-2,37-28-22-16-10-3)51-45-41-44(48(49)50)47(43-34-32-33-42(7)46(43)45)52-54(38-29-23-17-11-4,39-30-24-18-12-5)40-31-25-19-13-6/h32-34,41H,8-31,35-40H2,1-7H3,(H,49,50). The van der Waals surface area contributed by atoms with Crippen LogP contribution in [-0.4, -0.2) is 27.7 Å². The van der Waals surface area contributed by atoms with E-state index in [1.165, 1.54) is 172 Å². The zero-order valence-corrected chi connectivity index (χ0v) is 38.7. The molecular formula is C48H86O4Si2. The molecule has 0 saturated heterocycles. The van der Waals surface area contributed by atoms with E-state index in [0.29, 0.717) is 11.3 Å². The molecule has 0 fully saturated rings. The lowest BCUT2D eigenvalue weighted by molar-refractivity contribution is 0.0694. The van der Waals surface area contributed by atoms with Gasteiger partial charge in [-0.05, 0) is 54.8 Å². The third-order valence-corrected chi connectivity index (χ3v) is 21.0. The van der Waals surface area contributed by atoms with Crippen molar-refractivity contribution in [2.45, 2.75) is 239 Å². The number of hydrogen-bond donors (Lipinski definition) is 1. The van der Waals surface area contributed by atoms with Crippen LogP contribution in [0.5, 0.6) is 11.5 Å². The average molecular weight is 783 g/mol. The van der Waals surface area contributed by atoms with Gasteiger partial charge < -0.3 is 14.0 Å². The third-order valence-electron chi connectivity index (χ3n) is 12.1. The summed E-state index contributed by atoms with van der Waals surface area (Å²) in [6.45, 7) is 15.9. The molecule has 0 amide bonds. The van der Waals surface area contributed by atoms with E-state index in [-0.39, 0.29) is 0 Å². The Balaban J connectivity index is 2.78. The second kappa shape index (κ2) is 28.6. The number of aromatic carboxylic acids is 1. The Hall–Kier alpha value is -1.80. The van der Waals surface area contributed by atoms with Crippen molar-refractivity contribution in [1.82, 2.24) is 0 Å². The minimum absolute atomic E-state index is 0.321. The molecule has 2 aromatic carbocycles. The van der Waals surface area contributed by atoms with Crippen LogP contribution >= 0.6 is 0 Å². The van der Waals surface area contributed by atoms with Crippen molar-refractivity contribution in [3.05, 3.63) is 35.4 Å². The first kappa shape index (κ1) is 48.4. The van der Waals surface area contributed by atoms with Gasteiger partial charge in [-0.15, -0.1) is 0 Å². The first-order chi connectivity index (χ1) is 26.3. The van der Waals surface area contributed by atoms with E-state index in [1.807, 2.05) is 6.07 Å². The Morgan fingerprint density at radius 3 is 1.20 bits per heavy atom. The van der Waals surface area contributed by atoms with Gasteiger partial charge in [0.1, 0.15) is 17.1 Å². The summed E-state index contributed by atoms with van der Waals surface area (Å²) in [7, 11) is -4.58. The monoisotopic (exact) mass is 783 g/mol. The van der Waals surface area contributed by atoms with Crippen LogP contribution in [0.25, 0.3) is 10.8 Å². The van der Waals surface area contributed by atoms with Crippen molar-refractivity contribution in [3.63, 3.8) is 0 Å². The lowest BCUT2D eigenvalue weighted by atomic mass is 10.0. The number of carbonyl (C=O) groups is 1. The molecule has 0 unspecified atom stereocenters. The van der Waals surface area contributed by atoms with Gasteiger partial charge in [0, 0.05) is 10.8 Å². The summed E-state index contributed by atoms with van der Waals surface area (Å²) < 4.78 is 15.2. The predicted molar refractivity (Wildman–Crippen MR) is 242 cm³/mol. The number of rotatable bonds is 35. The van der Waals surface area contributed by atoms with Gasteiger partial charge in [0.2, 0.25) is 0 Å². The van der Waals surface area contributed by atoms with Crippen LogP contribution < -0.4 is 8.85 Å². The Kier molecular flexibility index (Phi) is 25.6. The smallest absolute Gasteiger partial charge is 0.339 e. The van der Waals surface area contributed by atoms with Crippen LogP contribution in [0.15, 0.2) is 24.3 Å². The summed E-state index contributed by atoms with van der Waals surface area (Å²) in [5.74, 6) is 0.579. The molecule has 1 N–H and O–H groups in total. The van der Waals surface area contributed by atoms with E-state index < -0.39 is 22.6 Å². The van der Waals surface area contributed by atoms with E-state index in [9.17, 15) is 9.90 Å². The average Bonchev–Trinajstić information content (AvgIpc) is 3.16. The first-order valence-electron chi connectivity index (χ1n) is 23.4. The van der Waals surface area contributed by atoms with E-state index in [1.54, 1.807) is 0 Å². The fourth-order valence-corrected chi connectivity index (χ4v) is 17.5. The highest BCUT2D eigenvalue weighted by Gasteiger charge is 2.39. The summed E-state index contributed by atoms with van der Waals surface area (Å²) in [4.78, 5) is 13.5. The SMILES string of the molecule is CCCCCC[Si](CCCCCC)(CCCCCC)Oc1c(C(=O)O)cc(O[Si](CCCCCC)(CCCCCC)CCCCCC)c2c(C)cccc12. The molecule has 0 aliphatic rings. The highest BCUT2D eigenvalue weighted by molar-refractivity contribution is 6.75. The largest absolute Gasteiger partial charge is 0.543 e. The summed E-state index contributed by atoms with van der Waals surface area (Å²) in [5, 5.41) is 13.1. The maximum atomic E-state index is 13.5.